The molecule has 0 unspecified atom stereocenters. The number of nitrogens with two attached hydrogens (primary N) is 1. The summed E-state index contributed by atoms with van der Waals surface area (Å²) in [6.45, 7) is 1.04. The zero-order chi connectivity index (χ0) is 32.8. The molecule has 0 aromatic heterocycles. The molecule has 0 saturated heterocycles. The lowest BCUT2D eigenvalue weighted by molar-refractivity contribution is 0.193. The highest BCUT2D eigenvalue weighted by atomic mass is 31.2. The Bertz CT molecular complexity index is 585. The fraction of sp³-hybridized carbons (Fsp3) is 1.00. The zero-order valence-electron chi connectivity index (χ0n) is 30.3. The van der Waals surface area contributed by atoms with E-state index in [1.165, 1.54) is 218 Å². The van der Waals surface area contributed by atoms with Crippen LogP contribution in [0.25, 0.3) is 0 Å². The van der Waals surface area contributed by atoms with Crippen LogP contribution in [0.4, 0.5) is 0 Å². The summed E-state index contributed by atoms with van der Waals surface area (Å²) >= 11 is 0. The fourth-order valence-corrected chi connectivity index (χ4v) is 6.98. The minimum atomic E-state index is -4.27. The Morgan fingerprint density at radius 2 is 0.467 bits per heavy atom. The van der Waals surface area contributed by atoms with Crippen molar-refractivity contribution >= 4 is 7.82 Å². The molecule has 0 aliphatic heterocycles. The summed E-state index contributed by atoms with van der Waals surface area (Å²) in [5.74, 6) is 0. The van der Waals surface area contributed by atoms with Crippen LogP contribution < -0.4 is 5.73 Å². The van der Waals surface area contributed by atoms with Crippen molar-refractivity contribution < 1.29 is 18.9 Å². The first-order valence-corrected chi connectivity index (χ1v) is 22.0. The van der Waals surface area contributed by atoms with Gasteiger partial charge in [0.05, 0.1) is 6.61 Å². The van der Waals surface area contributed by atoms with Crippen molar-refractivity contribution in [2.24, 2.45) is 5.73 Å². The van der Waals surface area contributed by atoms with Crippen LogP contribution in [-0.4, -0.2) is 22.9 Å². The molecule has 6 heteroatoms. The monoisotopic (exact) mass is 660 g/mol. The molecular weight excluding hydrogens is 577 g/mol. The molecule has 4 N–H and O–H groups in total. The molecule has 0 aliphatic carbocycles. The highest BCUT2D eigenvalue weighted by molar-refractivity contribution is 7.46. The molecule has 0 saturated carbocycles. The average Bonchev–Trinajstić information content (AvgIpc) is 3.01. The standard InChI is InChI=1S/C39H82NO4P/c40-38-36-34-32-30-28-26-24-22-20-18-16-14-12-10-8-6-4-2-1-3-5-7-9-11-13-15-17-19-21-23-25-27-29-31-33-35-37-39-44-45(41,42)43/h1-40H2,(H2,41,42,43). The predicted octanol–water partition coefficient (Wildman–Crippen LogP) is 13.5. The molecule has 45 heavy (non-hydrogen) atoms. The summed E-state index contributed by atoms with van der Waals surface area (Å²) in [5, 5.41) is 0. The van der Waals surface area contributed by atoms with Crippen LogP contribution in [0.3, 0.4) is 0 Å². The van der Waals surface area contributed by atoms with E-state index in [0.29, 0.717) is 0 Å². The van der Waals surface area contributed by atoms with Gasteiger partial charge in [0, 0.05) is 0 Å². The summed E-state index contributed by atoms with van der Waals surface area (Å²) < 4.78 is 15.1. The molecule has 0 heterocycles. The molecular formula is C39H82NO4P. The van der Waals surface area contributed by atoms with Crippen molar-refractivity contribution in [3.05, 3.63) is 0 Å². The van der Waals surface area contributed by atoms with E-state index in [9.17, 15) is 4.57 Å². The van der Waals surface area contributed by atoms with E-state index >= 15 is 0 Å². The Labute approximate surface area is 282 Å². The van der Waals surface area contributed by atoms with E-state index in [0.717, 1.165) is 25.8 Å². The van der Waals surface area contributed by atoms with Gasteiger partial charge in [-0.05, 0) is 19.4 Å². The number of phosphoric acid groups is 1. The van der Waals surface area contributed by atoms with Crippen molar-refractivity contribution in [3.63, 3.8) is 0 Å². The van der Waals surface area contributed by atoms with Gasteiger partial charge in [0.2, 0.25) is 0 Å². The molecule has 0 bridgehead atoms. The van der Waals surface area contributed by atoms with Crippen molar-refractivity contribution in [2.75, 3.05) is 13.2 Å². The molecule has 272 valence electrons. The minimum absolute atomic E-state index is 0.169. The van der Waals surface area contributed by atoms with Gasteiger partial charge in [0.25, 0.3) is 0 Å². The molecule has 0 aromatic rings. The van der Waals surface area contributed by atoms with Gasteiger partial charge >= 0.3 is 7.82 Å². The second kappa shape index (κ2) is 38.5. The van der Waals surface area contributed by atoms with E-state index in [-0.39, 0.29) is 6.61 Å². The van der Waals surface area contributed by atoms with E-state index in [2.05, 4.69) is 4.52 Å². The number of phosphoric ester groups is 1. The second-order valence-corrected chi connectivity index (χ2v) is 15.4. The van der Waals surface area contributed by atoms with Gasteiger partial charge in [-0.1, -0.05) is 225 Å². The third-order valence-corrected chi connectivity index (χ3v) is 10.1. The topological polar surface area (TPSA) is 92.8 Å². The highest BCUT2D eigenvalue weighted by Crippen LogP contribution is 2.35. The highest BCUT2D eigenvalue weighted by Gasteiger charge is 2.12. The summed E-state index contributed by atoms with van der Waals surface area (Å²) in [6, 6.07) is 0. The summed E-state index contributed by atoms with van der Waals surface area (Å²) in [6.07, 6.45) is 51.2. The first-order valence-electron chi connectivity index (χ1n) is 20.5. The van der Waals surface area contributed by atoms with Crippen LogP contribution in [0.2, 0.25) is 0 Å². The molecule has 0 aliphatic rings. The molecule has 0 fully saturated rings. The number of rotatable bonds is 40. The Balaban J connectivity index is 3.05. The van der Waals surface area contributed by atoms with E-state index < -0.39 is 7.82 Å². The van der Waals surface area contributed by atoms with Gasteiger partial charge < -0.3 is 15.5 Å². The van der Waals surface area contributed by atoms with Crippen molar-refractivity contribution in [2.45, 2.75) is 238 Å². The third kappa shape index (κ3) is 44.1. The molecule has 0 atom stereocenters. The maximum atomic E-state index is 10.6. The Morgan fingerprint density at radius 1 is 0.311 bits per heavy atom. The zero-order valence-corrected chi connectivity index (χ0v) is 31.2. The van der Waals surface area contributed by atoms with Crippen LogP contribution in [0.1, 0.15) is 238 Å². The van der Waals surface area contributed by atoms with Gasteiger partial charge in [-0.25, -0.2) is 4.57 Å². The van der Waals surface area contributed by atoms with Crippen LogP contribution in [-0.2, 0) is 9.09 Å². The molecule has 0 radical (unpaired) electrons. The largest absolute Gasteiger partial charge is 0.469 e. The maximum absolute atomic E-state index is 10.6. The minimum Gasteiger partial charge on any atom is -0.330 e. The van der Waals surface area contributed by atoms with E-state index in [1.807, 2.05) is 0 Å². The number of unbranched alkanes of at least 4 members (excludes halogenated alkanes) is 36. The molecule has 0 spiro atoms. The van der Waals surface area contributed by atoms with Gasteiger partial charge in [-0.15, -0.1) is 0 Å². The lowest BCUT2D eigenvalue weighted by atomic mass is 10.0. The Kier molecular flexibility index (Phi) is 38.6. The van der Waals surface area contributed by atoms with Crippen molar-refractivity contribution in [3.8, 4) is 0 Å². The average molecular weight is 660 g/mol. The molecule has 0 aromatic carbocycles. The summed E-state index contributed by atoms with van der Waals surface area (Å²) in [5.41, 5.74) is 5.55. The van der Waals surface area contributed by atoms with Crippen molar-refractivity contribution in [1.82, 2.24) is 0 Å². The first-order chi connectivity index (χ1) is 22.1. The van der Waals surface area contributed by atoms with E-state index in [4.69, 9.17) is 15.5 Å². The molecule has 5 nitrogen and oxygen atoms in total. The predicted molar refractivity (Wildman–Crippen MR) is 198 cm³/mol. The van der Waals surface area contributed by atoms with E-state index in [1.54, 1.807) is 0 Å². The third-order valence-electron chi connectivity index (χ3n) is 9.61. The first kappa shape index (κ1) is 45.1. The number of hydrogen-bond acceptors (Lipinski definition) is 3. The van der Waals surface area contributed by atoms with Gasteiger partial charge in [-0.3, -0.25) is 4.52 Å². The molecule has 0 amide bonds. The summed E-state index contributed by atoms with van der Waals surface area (Å²) in [4.78, 5) is 17.3. The quantitative estimate of drug-likeness (QED) is 0.0449. The Hall–Kier alpha value is 0.0700. The maximum Gasteiger partial charge on any atom is 0.469 e. The lowest BCUT2D eigenvalue weighted by Crippen LogP contribution is -1.97. The van der Waals surface area contributed by atoms with Crippen molar-refractivity contribution in [1.29, 1.82) is 0 Å². The van der Waals surface area contributed by atoms with Gasteiger partial charge in [-0.2, -0.15) is 0 Å². The van der Waals surface area contributed by atoms with Crippen LogP contribution in [0.5, 0.6) is 0 Å². The van der Waals surface area contributed by atoms with Gasteiger partial charge in [0.15, 0.2) is 0 Å². The normalized spacial score (nSPS) is 12.0. The fourth-order valence-electron chi connectivity index (χ4n) is 6.62. The van der Waals surface area contributed by atoms with Crippen LogP contribution in [0.15, 0.2) is 0 Å². The van der Waals surface area contributed by atoms with Crippen LogP contribution in [0, 0.1) is 0 Å². The van der Waals surface area contributed by atoms with Crippen LogP contribution >= 0.6 is 7.82 Å². The lowest BCUT2D eigenvalue weighted by Gasteiger charge is -2.05. The number of hydrogen-bond donors (Lipinski definition) is 3. The smallest absolute Gasteiger partial charge is 0.330 e. The second-order valence-electron chi connectivity index (χ2n) is 14.2. The molecule has 0 rings (SSSR count). The SMILES string of the molecule is NCCCCCCCCCCCCCCCCCCCCCCCCCCCCCCCCCCCCCCCOP(=O)(O)O. The summed E-state index contributed by atoms with van der Waals surface area (Å²) in [7, 11) is -4.27. The Morgan fingerprint density at radius 3 is 0.622 bits per heavy atom. The van der Waals surface area contributed by atoms with Gasteiger partial charge in [0.1, 0.15) is 0 Å².